The van der Waals surface area contributed by atoms with Gasteiger partial charge < -0.3 is 73.7 Å². The summed E-state index contributed by atoms with van der Waals surface area (Å²) in [5.41, 5.74) is 20.3. The Kier molecular flexibility index (Phi) is 15.4. The van der Waals surface area contributed by atoms with Crippen LogP contribution in [0.4, 0.5) is 0 Å². The predicted octanol–water partition coefficient (Wildman–Crippen LogP) is -8.78. The van der Waals surface area contributed by atoms with Crippen molar-refractivity contribution in [3.8, 4) is 0 Å². The van der Waals surface area contributed by atoms with E-state index < -0.39 is 128 Å². The number of rotatable bonds is 17. The van der Waals surface area contributed by atoms with E-state index in [0.717, 1.165) is 7.05 Å². The smallest absolute Gasteiger partial charge is 0.309 e. The molecule has 0 bridgehead atoms. The van der Waals surface area contributed by atoms with Gasteiger partial charge in [0.05, 0.1) is 25.7 Å². The van der Waals surface area contributed by atoms with Gasteiger partial charge in [0.2, 0.25) is 35.4 Å². The fourth-order valence-corrected chi connectivity index (χ4v) is 4.20. The SMILES string of the molecule is C[C@H](O[C@H]1O[C@H](CO)[C@@H](O)[C@H](O)[C@H]1O)[C@@H](C(=O)N[C@@H](CC(N)=O)C(N)=O)N(C)C(=O)CNC(=O)[C@@H](CCC(N)=O)NC(=O)C(N)=O. The third kappa shape index (κ3) is 11.5. The number of nitrogens with two attached hydrogens (primary N) is 4. The van der Waals surface area contributed by atoms with Crippen LogP contribution in [-0.4, -0.2) is 148 Å². The molecule has 0 aliphatic carbocycles. The molecule has 46 heavy (non-hydrogen) atoms. The molecule has 0 unspecified atom stereocenters. The molecule has 22 heteroatoms. The quantitative estimate of drug-likeness (QED) is 0.0643. The number of primary amides is 4. The van der Waals surface area contributed by atoms with Crippen LogP contribution in [0, 0.1) is 0 Å². The highest BCUT2D eigenvalue weighted by molar-refractivity contribution is 6.34. The van der Waals surface area contributed by atoms with Crippen LogP contribution in [0.1, 0.15) is 26.2 Å². The van der Waals surface area contributed by atoms with Crippen LogP contribution in [0.5, 0.6) is 0 Å². The summed E-state index contributed by atoms with van der Waals surface area (Å²) in [6.45, 7) is -0.485. The lowest BCUT2D eigenvalue weighted by atomic mass is 9.99. The molecule has 1 saturated heterocycles. The summed E-state index contributed by atoms with van der Waals surface area (Å²) in [6, 6.07) is -4.94. The van der Waals surface area contributed by atoms with Crippen molar-refractivity contribution in [1.29, 1.82) is 0 Å². The highest BCUT2D eigenvalue weighted by Gasteiger charge is 2.46. The molecule has 0 aromatic carbocycles. The number of ether oxygens (including phenoxy) is 2. The largest absolute Gasteiger partial charge is 0.394 e. The Bertz CT molecular complexity index is 1170. The third-order valence-corrected chi connectivity index (χ3v) is 6.73. The van der Waals surface area contributed by atoms with E-state index in [9.17, 15) is 58.8 Å². The van der Waals surface area contributed by atoms with E-state index in [0.29, 0.717) is 4.90 Å². The van der Waals surface area contributed by atoms with Crippen LogP contribution in [0.2, 0.25) is 0 Å². The minimum absolute atomic E-state index is 0.381. The molecule has 22 nitrogen and oxygen atoms in total. The number of amides is 8. The first-order valence-electron chi connectivity index (χ1n) is 13.6. The number of carbonyl (C=O) groups excluding carboxylic acids is 8. The molecule has 0 spiro atoms. The van der Waals surface area contributed by atoms with Crippen LogP contribution in [0.3, 0.4) is 0 Å². The zero-order valence-electron chi connectivity index (χ0n) is 24.9. The van der Waals surface area contributed by atoms with Crippen molar-refractivity contribution in [1.82, 2.24) is 20.9 Å². The molecule has 15 N–H and O–H groups in total. The lowest BCUT2D eigenvalue weighted by molar-refractivity contribution is -0.312. The van der Waals surface area contributed by atoms with Crippen molar-refractivity contribution >= 4 is 47.3 Å². The molecule has 1 fully saturated rings. The number of nitrogens with one attached hydrogen (secondary N) is 3. The lowest BCUT2D eigenvalue weighted by Crippen LogP contribution is -2.62. The first-order chi connectivity index (χ1) is 21.3. The molecular weight excluding hydrogens is 624 g/mol. The zero-order valence-corrected chi connectivity index (χ0v) is 24.9. The number of nitrogens with zero attached hydrogens (tertiary/aromatic N) is 1. The number of hydrogen-bond donors (Lipinski definition) is 11. The Morgan fingerprint density at radius 3 is 1.98 bits per heavy atom. The normalized spacial score (nSPS) is 23.5. The zero-order chi connectivity index (χ0) is 35.5. The molecule has 0 aromatic rings. The lowest BCUT2D eigenvalue weighted by Gasteiger charge is -2.42. The van der Waals surface area contributed by atoms with Gasteiger partial charge in [-0.2, -0.15) is 0 Å². The Hall–Kier alpha value is -4.48. The van der Waals surface area contributed by atoms with Crippen LogP contribution in [0.25, 0.3) is 0 Å². The van der Waals surface area contributed by atoms with Gasteiger partial charge in [-0.25, -0.2) is 0 Å². The van der Waals surface area contributed by atoms with Crippen molar-refractivity contribution in [3.63, 3.8) is 0 Å². The van der Waals surface area contributed by atoms with Gasteiger partial charge in [0.25, 0.3) is 0 Å². The summed E-state index contributed by atoms with van der Waals surface area (Å²) >= 11 is 0. The highest BCUT2D eigenvalue weighted by Crippen LogP contribution is 2.24. The van der Waals surface area contributed by atoms with Crippen molar-refractivity contribution in [2.75, 3.05) is 20.2 Å². The van der Waals surface area contributed by atoms with Gasteiger partial charge in [-0.1, -0.05) is 0 Å². The fraction of sp³-hybridized carbons (Fsp3) is 0.667. The second-order valence-corrected chi connectivity index (χ2v) is 10.2. The minimum atomic E-state index is -1.91. The Morgan fingerprint density at radius 2 is 1.48 bits per heavy atom. The molecule has 1 aliphatic rings. The molecule has 9 atom stereocenters. The van der Waals surface area contributed by atoms with Gasteiger partial charge in [0.1, 0.15) is 42.5 Å². The minimum Gasteiger partial charge on any atom is -0.394 e. The molecule has 0 aromatic heterocycles. The van der Waals surface area contributed by atoms with Crippen LogP contribution in [-0.2, 0) is 47.8 Å². The predicted molar refractivity (Wildman–Crippen MR) is 148 cm³/mol. The first kappa shape index (κ1) is 39.5. The summed E-state index contributed by atoms with van der Waals surface area (Å²) in [6.07, 6.45) is -11.7. The molecule has 0 radical (unpaired) electrons. The number of hydrogen-bond acceptors (Lipinski definition) is 14. The first-order valence-corrected chi connectivity index (χ1v) is 13.6. The summed E-state index contributed by atoms with van der Waals surface area (Å²) in [5, 5.41) is 46.2. The molecule has 8 amide bonds. The van der Waals surface area contributed by atoms with E-state index in [2.05, 4.69) is 10.6 Å². The van der Waals surface area contributed by atoms with Crippen LogP contribution in [0.15, 0.2) is 0 Å². The standard InChI is InChI=1S/C24H40N8O14/c1-8(45-24-18(39)17(38)16(37)11(7-33)46-24)15(22(43)31-10(19(27)40)5-13(26)35)32(2)14(36)6-29-21(42)9(3-4-12(25)34)30-23(44)20(28)41/h8-11,15-18,24,33,37-39H,3-7H2,1-2H3,(H2,25,34)(H2,26,35)(H2,27,40)(H2,28,41)(H,29,42)(H,30,44)(H,31,43)/t8-,9+,10-,11+,15-,16+,17-,18+,24-/m0/s1. The molecule has 1 rings (SSSR count). The van der Waals surface area contributed by atoms with E-state index in [1.807, 2.05) is 5.32 Å². The number of carbonyl (C=O) groups is 8. The summed E-state index contributed by atoms with van der Waals surface area (Å²) in [4.78, 5) is 97.2. The molecule has 260 valence electrons. The number of likely N-dealkylation sites (N-methyl/N-ethyl adjacent to an activating group) is 1. The van der Waals surface area contributed by atoms with E-state index in [1.165, 1.54) is 6.92 Å². The van der Waals surface area contributed by atoms with E-state index in [1.54, 1.807) is 0 Å². The molecule has 0 saturated carbocycles. The van der Waals surface area contributed by atoms with E-state index in [4.69, 9.17) is 32.4 Å². The number of aliphatic hydroxyl groups excluding tert-OH is 4. The van der Waals surface area contributed by atoms with Crippen molar-refractivity contribution in [2.45, 2.75) is 81.1 Å². The van der Waals surface area contributed by atoms with Gasteiger partial charge >= 0.3 is 11.8 Å². The fourth-order valence-electron chi connectivity index (χ4n) is 4.20. The Labute approximate surface area is 261 Å². The van der Waals surface area contributed by atoms with Gasteiger partial charge in [0.15, 0.2) is 6.29 Å². The maximum atomic E-state index is 13.4. The van der Waals surface area contributed by atoms with Crippen molar-refractivity contribution in [3.05, 3.63) is 0 Å². The topological polar surface area (TPSA) is 379 Å². The second kappa shape index (κ2) is 17.9. The van der Waals surface area contributed by atoms with Gasteiger partial charge in [0, 0.05) is 13.5 Å². The number of aliphatic hydroxyl groups is 4. The maximum absolute atomic E-state index is 13.4. The maximum Gasteiger partial charge on any atom is 0.309 e. The summed E-state index contributed by atoms with van der Waals surface area (Å²) in [5.74, 6) is -9.09. The van der Waals surface area contributed by atoms with Gasteiger partial charge in [-0.3, -0.25) is 38.4 Å². The molecule has 1 aliphatic heterocycles. The average Bonchev–Trinajstić information content (AvgIpc) is 2.96. The van der Waals surface area contributed by atoms with Crippen LogP contribution < -0.4 is 38.9 Å². The van der Waals surface area contributed by atoms with Crippen molar-refractivity contribution < 1.29 is 68.3 Å². The molecule has 1 heterocycles. The monoisotopic (exact) mass is 664 g/mol. The van der Waals surface area contributed by atoms with Crippen molar-refractivity contribution in [2.24, 2.45) is 22.9 Å². The Balaban J connectivity index is 3.25. The third-order valence-electron chi connectivity index (χ3n) is 6.73. The molecular formula is C24H40N8O14. The Morgan fingerprint density at radius 1 is 0.870 bits per heavy atom. The summed E-state index contributed by atoms with van der Waals surface area (Å²) in [7, 11) is 1.05. The summed E-state index contributed by atoms with van der Waals surface area (Å²) < 4.78 is 10.9. The van der Waals surface area contributed by atoms with Crippen LogP contribution >= 0.6 is 0 Å². The highest BCUT2D eigenvalue weighted by atomic mass is 16.7. The second-order valence-electron chi connectivity index (χ2n) is 10.2. The average molecular weight is 665 g/mol. The van der Waals surface area contributed by atoms with E-state index in [-0.39, 0.29) is 6.42 Å². The van der Waals surface area contributed by atoms with E-state index >= 15 is 0 Å². The van der Waals surface area contributed by atoms with Gasteiger partial charge in [-0.05, 0) is 13.3 Å². The van der Waals surface area contributed by atoms with Gasteiger partial charge in [-0.15, -0.1) is 0 Å².